The predicted molar refractivity (Wildman–Crippen MR) is 131 cm³/mol. The average Bonchev–Trinajstić information content (AvgIpc) is 2.76. The highest BCUT2D eigenvalue weighted by Gasteiger charge is 2.30. The molecule has 0 saturated heterocycles. The Morgan fingerprint density at radius 1 is 0.939 bits per heavy atom. The van der Waals surface area contributed by atoms with E-state index in [1.54, 1.807) is 31.2 Å². The van der Waals surface area contributed by atoms with Crippen molar-refractivity contribution in [2.75, 3.05) is 20.1 Å². The predicted octanol–water partition coefficient (Wildman–Crippen LogP) is 3.80. The number of benzene rings is 2. The number of hydrogen-bond acceptors (Lipinski definition) is 4. The quantitative estimate of drug-likeness (QED) is 0.523. The Morgan fingerprint density at radius 2 is 1.45 bits per heavy atom. The second-order valence-corrected chi connectivity index (χ2v) is 11.1. The van der Waals surface area contributed by atoms with Crippen molar-refractivity contribution in [1.82, 2.24) is 14.5 Å². The molecule has 0 aliphatic carbocycles. The van der Waals surface area contributed by atoms with Gasteiger partial charge in [-0.25, -0.2) is 8.42 Å². The monoisotopic (exact) mass is 513 g/mol. The molecule has 2 amide bonds. The van der Waals surface area contributed by atoms with Crippen LogP contribution < -0.4 is 5.32 Å². The Kier molecular flexibility index (Phi) is 9.72. The third-order valence-corrected chi connectivity index (χ3v) is 7.32. The van der Waals surface area contributed by atoms with Gasteiger partial charge in [-0.05, 0) is 54.8 Å². The molecule has 2 aromatic rings. The van der Waals surface area contributed by atoms with E-state index in [4.69, 9.17) is 23.2 Å². The molecule has 180 valence electrons. The molecule has 0 aromatic heterocycles. The number of amides is 2. The van der Waals surface area contributed by atoms with Crippen LogP contribution in [0.1, 0.15) is 26.3 Å². The Morgan fingerprint density at radius 3 is 1.97 bits per heavy atom. The fourth-order valence-electron chi connectivity index (χ4n) is 2.97. The second kappa shape index (κ2) is 11.8. The summed E-state index contributed by atoms with van der Waals surface area (Å²) in [6, 6.07) is 11.8. The molecule has 0 radical (unpaired) electrons. The topological polar surface area (TPSA) is 86.8 Å². The minimum absolute atomic E-state index is 0.0224. The molecule has 0 fully saturated rings. The van der Waals surface area contributed by atoms with Gasteiger partial charge in [0.1, 0.15) is 6.04 Å². The molecule has 33 heavy (non-hydrogen) atoms. The molecular weight excluding hydrogens is 485 g/mol. The van der Waals surface area contributed by atoms with Crippen LogP contribution in [0.15, 0.2) is 53.4 Å². The molecule has 1 atom stereocenters. The summed E-state index contributed by atoms with van der Waals surface area (Å²) in [5, 5.41) is 3.78. The first kappa shape index (κ1) is 27.1. The van der Waals surface area contributed by atoms with E-state index >= 15 is 0 Å². The Labute approximate surface area is 205 Å². The van der Waals surface area contributed by atoms with Gasteiger partial charge in [-0.3, -0.25) is 9.59 Å². The molecule has 0 aliphatic rings. The number of hydrogen-bond donors (Lipinski definition) is 1. The van der Waals surface area contributed by atoms with Crippen LogP contribution in [0, 0.1) is 5.92 Å². The van der Waals surface area contributed by atoms with E-state index in [2.05, 4.69) is 5.32 Å². The second-order valence-electron chi connectivity index (χ2n) is 8.18. The first-order chi connectivity index (χ1) is 15.4. The lowest BCUT2D eigenvalue weighted by atomic mass is 10.1. The summed E-state index contributed by atoms with van der Waals surface area (Å²) in [6.07, 6.45) is 0. The number of carbonyl (C=O) groups excluding carboxylic acids is 2. The number of carbonyl (C=O) groups is 2. The number of nitrogens with zero attached hydrogens (tertiary/aromatic N) is 2. The van der Waals surface area contributed by atoms with Crippen LogP contribution in [-0.4, -0.2) is 55.6 Å². The summed E-state index contributed by atoms with van der Waals surface area (Å²) in [4.78, 5) is 27.3. The fourth-order valence-corrected chi connectivity index (χ4v) is 4.35. The van der Waals surface area contributed by atoms with Crippen molar-refractivity contribution < 1.29 is 18.0 Å². The van der Waals surface area contributed by atoms with E-state index in [1.165, 1.54) is 36.2 Å². The van der Waals surface area contributed by atoms with Crippen LogP contribution in [0.5, 0.6) is 0 Å². The highest BCUT2D eigenvalue weighted by atomic mass is 35.5. The molecule has 0 spiro atoms. The number of sulfonamides is 1. The van der Waals surface area contributed by atoms with Crippen molar-refractivity contribution in [3.63, 3.8) is 0 Å². The summed E-state index contributed by atoms with van der Waals surface area (Å²) < 4.78 is 26.8. The summed E-state index contributed by atoms with van der Waals surface area (Å²) in [6.45, 7) is 5.73. The number of likely N-dealkylation sites (N-methyl/N-ethyl adjacent to an activating group) is 1. The lowest BCUT2D eigenvalue weighted by Crippen LogP contribution is -2.51. The highest BCUT2D eigenvalue weighted by molar-refractivity contribution is 7.89. The van der Waals surface area contributed by atoms with Crippen LogP contribution in [0.3, 0.4) is 0 Å². The normalized spacial score (nSPS) is 12.6. The molecule has 0 heterocycles. The van der Waals surface area contributed by atoms with E-state index in [-0.39, 0.29) is 23.3 Å². The van der Waals surface area contributed by atoms with Crippen molar-refractivity contribution in [3.05, 3.63) is 64.1 Å². The zero-order valence-electron chi connectivity index (χ0n) is 19.1. The van der Waals surface area contributed by atoms with Gasteiger partial charge in [0.15, 0.2) is 0 Å². The molecule has 7 nitrogen and oxygen atoms in total. The van der Waals surface area contributed by atoms with Gasteiger partial charge in [-0.1, -0.05) is 49.2 Å². The third kappa shape index (κ3) is 7.71. The lowest BCUT2D eigenvalue weighted by molar-refractivity contribution is -0.140. The van der Waals surface area contributed by atoms with E-state index in [1.807, 2.05) is 13.8 Å². The maximum Gasteiger partial charge on any atom is 0.243 e. The van der Waals surface area contributed by atoms with Crippen LogP contribution in [0.4, 0.5) is 0 Å². The van der Waals surface area contributed by atoms with Crippen molar-refractivity contribution in [2.45, 2.75) is 38.3 Å². The fraction of sp³-hybridized carbons (Fsp3) is 0.391. The zero-order valence-corrected chi connectivity index (χ0v) is 21.4. The Bertz CT molecular complexity index is 1060. The van der Waals surface area contributed by atoms with Crippen molar-refractivity contribution in [1.29, 1.82) is 0 Å². The Balaban J connectivity index is 2.24. The standard InChI is InChI=1S/C23H29Cl2N3O4S/c1-16(2)13-26-23(30)17(3)28(14-18-5-7-19(24)8-6-18)22(29)15-27(4)33(31,32)21-11-9-20(25)10-12-21/h5-12,16-17H,13-15H2,1-4H3,(H,26,30)/t17-/m1/s1. The summed E-state index contributed by atoms with van der Waals surface area (Å²) in [7, 11) is -2.60. The third-order valence-electron chi connectivity index (χ3n) is 5.00. The molecule has 2 rings (SSSR count). The first-order valence-electron chi connectivity index (χ1n) is 10.5. The van der Waals surface area contributed by atoms with Gasteiger partial charge in [0.2, 0.25) is 21.8 Å². The zero-order chi connectivity index (χ0) is 24.8. The highest BCUT2D eigenvalue weighted by Crippen LogP contribution is 2.19. The Hall–Kier alpha value is -2.13. The van der Waals surface area contributed by atoms with Crippen LogP contribution in [0.2, 0.25) is 10.0 Å². The summed E-state index contributed by atoms with van der Waals surface area (Å²) in [5.74, 6) is -0.566. The van der Waals surface area contributed by atoms with Gasteiger partial charge in [0.25, 0.3) is 0 Å². The SMILES string of the molecule is CC(C)CNC(=O)[C@@H](C)N(Cc1ccc(Cl)cc1)C(=O)CN(C)S(=O)(=O)c1ccc(Cl)cc1. The van der Waals surface area contributed by atoms with Gasteiger partial charge < -0.3 is 10.2 Å². The average molecular weight is 514 g/mol. The maximum absolute atomic E-state index is 13.2. The number of rotatable bonds is 10. The number of nitrogens with one attached hydrogen (secondary N) is 1. The van der Waals surface area contributed by atoms with Gasteiger partial charge in [0, 0.05) is 30.2 Å². The van der Waals surface area contributed by atoms with Gasteiger partial charge in [-0.2, -0.15) is 4.31 Å². The van der Waals surface area contributed by atoms with Crippen molar-refractivity contribution in [3.8, 4) is 0 Å². The van der Waals surface area contributed by atoms with Gasteiger partial charge >= 0.3 is 0 Å². The van der Waals surface area contributed by atoms with Crippen LogP contribution in [-0.2, 0) is 26.2 Å². The minimum atomic E-state index is -3.92. The molecule has 2 aromatic carbocycles. The lowest BCUT2D eigenvalue weighted by Gasteiger charge is -2.30. The van der Waals surface area contributed by atoms with E-state index in [0.717, 1.165) is 9.87 Å². The number of halogens is 2. The molecule has 10 heteroatoms. The maximum atomic E-state index is 13.2. The largest absolute Gasteiger partial charge is 0.354 e. The smallest absolute Gasteiger partial charge is 0.243 e. The van der Waals surface area contributed by atoms with Gasteiger partial charge in [0.05, 0.1) is 11.4 Å². The van der Waals surface area contributed by atoms with Crippen molar-refractivity contribution in [2.24, 2.45) is 5.92 Å². The summed E-state index contributed by atoms with van der Waals surface area (Å²) >= 11 is 11.8. The molecule has 0 aliphatic heterocycles. The van der Waals surface area contributed by atoms with Crippen molar-refractivity contribution >= 4 is 45.0 Å². The van der Waals surface area contributed by atoms with Crippen LogP contribution >= 0.6 is 23.2 Å². The molecular formula is C23H29Cl2N3O4S. The molecule has 0 saturated carbocycles. The van der Waals surface area contributed by atoms with E-state index in [9.17, 15) is 18.0 Å². The van der Waals surface area contributed by atoms with E-state index < -0.39 is 28.5 Å². The van der Waals surface area contributed by atoms with E-state index in [0.29, 0.717) is 16.6 Å². The summed E-state index contributed by atoms with van der Waals surface area (Å²) in [5.41, 5.74) is 0.763. The van der Waals surface area contributed by atoms with Crippen LogP contribution in [0.25, 0.3) is 0 Å². The molecule has 0 unspecified atom stereocenters. The molecule has 1 N–H and O–H groups in total. The minimum Gasteiger partial charge on any atom is -0.354 e. The molecule has 0 bridgehead atoms. The van der Waals surface area contributed by atoms with Gasteiger partial charge in [-0.15, -0.1) is 0 Å². The first-order valence-corrected chi connectivity index (χ1v) is 12.6.